The number of hydrogen-bond donors (Lipinski definition) is 1. The van der Waals surface area contributed by atoms with Crippen molar-refractivity contribution in [1.29, 1.82) is 0 Å². The molecule has 0 radical (unpaired) electrons. The lowest BCUT2D eigenvalue weighted by Crippen LogP contribution is -2.52. The molecule has 0 amide bonds. The largest absolute Gasteiger partial charge is 0.329 e. The molecule has 1 aliphatic rings. The molecule has 1 aromatic heterocycles. The third kappa shape index (κ3) is 2.35. The highest BCUT2D eigenvalue weighted by Crippen LogP contribution is 2.34. The number of benzene rings is 1. The van der Waals surface area contributed by atoms with Gasteiger partial charge in [0.2, 0.25) is 0 Å². The van der Waals surface area contributed by atoms with E-state index in [0.717, 1.165) is 19.4 Å². The van der Waals surface area contributed by atoms with Gasteiger partial charge in [0.25, 0.3) is 0 Å². The molecule has 3 heteroatoms. The second kappa shape index (κ2) is 5.35. The molecule has 3 nitrogen and oxygen atoms in total. The first-order valence-electron chi connectivity index (χ1n) is 7.10. The van der Waals surface area contributed by atoms with Crippen LogP contribution < -0.4 is 5.73 Å². The molecule has 0 spiro atoms. The molecule has 0 saturated heterocycles. The molecule has 0 aliphatic heterocycles. The molecule has 0 fully saturated rings. The van der Waals surface area contributed by atoms with Gasteiger partial charge in [-0.15, -0.1) is 0 Å². The van der Waals surface area contributed by atoms with E-state index in [9.17, 15) is 0 Å². The van der Waals surface area contributed by atoms with Gasteiger partial charge in [-0.25, -0.2) is 0 Å². The second-order valence-electron chi connectivity index (χ2n) is 5.76. The second-order valence-corrected chi connectivity index (χ2v) is 5.76. The monoisotopic (exact) mass is 267 g/mol. The number of likely N-dealkylation sites (N-methyl/N-ethyl adjacent to an activating group) is 1. The highest BCUT2D eigenvalue weighted by Gasteiger charge is 2.39. The molecule has 1 aliphatic carbocycles. The van der Waals surface area contributed by atoms with Crippen LogP contribution in [0.4, 0.5) is 0 Å². The Kier molecular flexibility index (Phi) is 3.55. The predicted octanol–water partition coefficient (Wildman–Crippen LogP) is 2.01. The third-order valence-electron chi connectivity index (χ3n) is 4.52. The van der Waals surface area contributed by atoms with Gasteiger partial charge in [0.1, 0.15) is 0 Å². The topological polar surface area (TPSA) is 42.2 Å². The average molecular weight is 267 g/mol. The molecule has 2 aromatic rings. The molecule has 1 aromatic carbocycles. The van der Waals surface area contributed by atoms with Gasteiger partial charge >= 0.3 is 0 Å². The zero-order chi connectivity index (χ0) is 14.0. The molecular formula is C17H21N3. The van der Waals surface area contributed by atoms with Crippen LogP contribution in [0.5, 0.6) is 0 Å². The van der Waals surface area contributed by atoms with Crippen LogP contribution in [0.1, 0.15) is 16.7 Å². The molecule has 1 heterocycles. The van der Waals surface area contributed by atoms with Crippen molar-refractivity contribution in [2.45, 2.75) is 24.9 Å². The van der Waals surface area contributed by atoms with E-state index in [0.29, 0.717) is 6.54 Å². The summed E-state index contributed by atoms with van der Waals surface area (Å²) in [5.41, 5.74) is 10.4. The van der Waals surface area contributed by atoms with Crippen molar-refractivity contribution in [2.24, 2.45) is 5.73 Å². The summed E-state index contributed by atoms with van der Waals surface area (Å²) in [7, 11) is 2.18. The van der Waals surface area contributed by atoms with Crippen LogP contribution in [-0.2, 0) is 19.4 Å². The summed E-state index contributed by atoms with van der Waals surface area (Å²) < 4.78 is 0. The number of hydrogen-bond acceptors (Lipinski definition) is 3. The zero-order valence-electron chi connectivity index (χ0n) is 11.9. The number of fused-ring (bicyclic) bond motifs is 1. The Labute approximate surface area is 120 Å². The zero-order valence-corrected chi connectivity index (χ0v) is 11.9. The van der Waals surface area contributed by atoms with Gasteiger partial charge in [-0.05, 0) is 48.7 Å². The van der Waals surface area contributed by atoms with Crippen LogP contribution in [0.25, 0.3) is 0 Å². The van der Waals surface area contributed by atoms with E-state index in [4.69, 9.17) is 5.73 Å². The summed E-state index contributed by atoms with van der Waals surface area (Å²) in [6.45, 7) is 1.59. The van der Waals surface area contributed by atoms with Crippen molar-refractivity contribution >= 4 is 0 Å². The highest BCUT2D eigenvalue weighted by atomic mass is 15.2. The van der Waals surface area contributed by atoms with Gasteiger partial charge in [-0.2, -0.15) is 0 Å². The summed E-state index contributed by atoms with van der Waals surface area (Å²) in [5.74, 6) is 0. The lowest BCUT2D eigenvalue weighted by Gasteiger charge is -2.38. The molecule has 0 bridgehead atoms. The van der Waals surface area contributed by atoms with Gasteiger partial charge in [0.05, 0.1) is 0 Å². The van der Waals surface area contributed by atoms with Crippen LogP contribution in [0.3, 0.4) is 0 Å². The van der Waals surface area contributed by atoms with Crippen molar-refractivity contribution in [1.82, 2.24) is 9.88 Å². The molecule has 0 saturated carbocycles. The van der Waals surface area contributed by atoms with Crippen molar-refractivity contribution in [3.05, 3.63) is 65.5 Å². The quantitative estimate of drug-likeness (QED) is 0.921. The lowest BCUT2D eigenvalue weighted by atomic mass is 9.93. The fourth-order valence-corrected chi connectivity index (χ4v) is 3.17. The maximum Gasteiger partial charge on any atom is 0.0412 e. The number of aromatic nitrogens is 1. The van der Waals surface area contributed by atoms with E-state index < -0.39 is 0 Å². The normalized spacial score (nSPS) is 16.4. The minimum absolute atomic E-state index is 0.0486. The van der Waals surface area contributed by atoms with Gasteiger partial charge < -0.3 is 5.73 Å². The van der Waals surface area contributed by atoms with Gasteiger partial charge in [-0.3, -0.25) is 9.88 Å². The maximum atomic E-state index is 6.15. The summed E-state index contributed by atoms with van der Waals surface area (Å²) in [4.78, 5) is 6.48. The molecular weight excluding hydrogens is 246 g/mol. The van der Waals surface area contributed by atoms with Crippen molar-refractivity contribution in [3.8, 4) is 0 Å². The fourth-order valence-electron chi connectivity index (χ4n) is 3.17. The molecule has 2 N–H and O–H groups in total. The molecule has 3 rings (SSSR count). The predicted molar refractivity (Wildman–Crippen MR) is 81.3 cm³/mol. The van der Waals surface area contributed by atoms with E-state index in [1.165, 1.54) is 16.7 Å². The first-order chi connectivity index (χ1) is 9.73. The summed E-state index contributed by atoms with van der Waals surface area (Å²) >= 11 is 0. The number of pyridine rings is 1. The van der Waals surface area contributed by atoms with E-state index in [2.05, 4.69) is 53.3 Å². The van der Waals surface area contributed by atoms with Crippen LogP contribution in [0.15, 0.2) is 48.8 Å². The van der Waals surface area contributed by atoms with Gasteiger partial charge in [0.15, 0.2) is 0 Å². The maximum absolute atomic E-state index is 6.15. The van der Waals surface area contributed by atoms with Crippen LogP contribution in [0.2, 0.25) is 0 Å². The standard InChI is InChI=1S/C17H21N3/c1-20(12-14-6-8-19-9-7-14)17(13-18)10-15-4-2-3-5-16(15)11-17/h2-9H,10-13,18H2,1H3. The van der Waals surface area contributed by atoms with Crippen LogP contribution >= 0.6 is 0 Å². The average Bonchev–Trinajstić information content (AvgIpc) is 2.88. The van der Waals surface area contributed by atoms with Gasteiger partial charge in [-0.1, -0.05) is 24.3 Å². The highest BCUT2D eigenvalue weighted by molar-refractivity contribution is 5.36. The third-order valence-corrected chi connectivity index (χ3v) is 4.52. The van der Waals surface area contributed by atoms with Gasteiger partial charge in [0, 0.05) is 31.0 Å². The number of nitrogens with zero attached hydrogens (tertiary/aromatic N) is 2. The van der Waals surface area contributed by atoms with Crippen LogP contribution in [-0.4, -0.2) is 29.0 Å². The Balaban J connectivity index is 1.81. The van der Waals surface area contributed by atoms with E-state index in [1.807, 2.05) is 12.4 Å². The number of nitrogens with two attached hydrogens (primary N) is 1. The SMILES string of the molecule is CN(Cc1ccncc1)C1(CN)Cc2ccccc2C1. The summed E-state index contributed by atoms with van der Waals surface area (Å²) in [6, 6.07) is 12.8. The Hall–Kier alpha value is -1.71. The Morgan fingerprint density at radius 3 is 2.25 bits per heavy atom. The minimum atomic E-state index is 0.0486. The smallest absolute Gasteiger partial charge is 0.0412 e. The van der Waals surface area contributed by atoms with Crippen LogP contribution in [0, 0.1) is 0 Å². The molecule has 20 heavy (non-hydrogen) atoms. The minimum Gasteiger partial charge on any atom is -0.329 e. The van der Waals surface area contributed by atoms with Crippen molar-refractivity contribution in [2.75, 3.05) is 13.6 Å². The Bertz CT molecular complexity index is 555. The van der Waals surface area contributed by atoms with E-state index in [1.54, 1.807) is 0 Å². The molecule has 0 unspecified atom stereocenters. The Morgan fingerprint density at radius 1 is 1.10 bits per heavy atom. The van der Waals surface area contributed by atoms with Crippen molar-refractivity contribution < 1.29 is 0 Å². The first kappa shape index (κ1) is 13.3. The first-order valence-corrected chi connectivity index (χ1v) is 7.10. The fraction of sp³-hybridized carbons (Fsp3) is 0.353. The lowest BCUT2D eigenvalue weighted by molar-refractivity contribution is 0.127. The Morgan fingerprint density at radius 2 is 1.70 bits per heavy atom. The van der Waals surface area contributed by atoms with E-state index >= 15 is 0 Å². The summed E-state index contributed by atoms with van der Waals surface area (Å²) in [5, 5.41) is 0. The molecule has 0 atom stereocenters. The summed E-state index contributed by atoms with van der Waals surface area (Å²) in [6.07, 6.45) is 5.78. The number of rotatable bonds is 4. The van der Waals surface area contributed by atoms with E-state index in [-0.39, 0.29) is 5.54 Å². The molecule has 104 valence electrons. The van der Waals surface area contributed by atoms with Crippen molar-refractivity contribution in [3.63, 3.8) is 0 Å².